The molecule has 1 N–H and O–H groups in total. The molecular weight excluding hydrogens is 354 g/mol. The van der Waals surface area contributed by atoms with E-state index in [0.717, 1.165) is 0 Å². The molecule has 0 aromatic heterocycles. The zero-order valence-electron chi connectivity index (χ0n) is 13.8. The Morgan fingerprint density at radius 3 is 2.65 bits per heavy atom. The molecule has 1 heterocycles. The van der Waals surface area contributed by atoms with Gasteiger partial charge in [-0.2, -0.15) is 10.1 Å². The van der Waals surface area contributed by atoms with Gasteiger partial charge in [0.15, 0.2) is 5.17 Å². The van der Waals surface area contributed by atoms with Crippen molar-refractivity contribution in [1.29, 1.82) is 0 Å². The van der Waals surface area contributed by atoms with Gasteiger partial charge in [0.05, 0.1) is 30.3 Å². The number of nitrogens with zero attached hydrogens (tertiary/aromatic N) is 3. The maximum Gasteiger partial charge on any atom is 0.336 e. The highest BCUT2D eigenvalue weighted by atomic mass is 32.2. The Balaban J connectivity index is 1.86. The fraction of sp³-hybridized carbons (Fsp3) is 0.111. The van der Waals surface area contributed by atoms with E-state index in [1.165, 1.54) is 29.1 Å². The van der Waals surface area contributed by atoms with E-state index in [-0.39, 0.29) is 17.2 Å². The fourth-order valence-corrected chi connectivity index (χ4v) is 3.06. The van der Waals surface area contributed by atoms with Crippen LogP contribution in [0.2, 0.25) is 0 Å². The third-order valence-electron chi connectivity index (χ3n) is 3.54. The van der Waals surface area contributed by atoms with Crippen LogP contribution in [0.15, 0.2) is 58.6 Å². The first-order chi connectivity index (χ1) is 12.6. The molecule has 0 aliphatic carbocycles. The molecule has 0 radical (unpaired) electrons. The predicted octanol–water partition coefficient (Wildman–Crippen LogP) is 2.99. The summed E-state index contributed by atoms with van der Waals surface area (Å²) in [7, 11) is 1.58. The molecule has 0 bridgehead atoms. The number of aliphatic imine (C=N–C) groups is 1. The molecule has 132 valence electrons. The number of hydrogen-bond acceptors (Lipinski definition) is 6. The van der Waals surface area contributed by atoms with E-state index in [4.69, 9.17) is 4.74 Å². The van der Waals surface area contributed by atoms with Crippen LogP contribution in [-0.2, 0) is 4.79 Å². The van der Waals surface area contributed by atoms with Crippen LogP contribution in [0.3, 0.4) is 0 Å². The standard InChI is InChI=1S/C18H15N3O4S/c1-25-14-8-6-13(7-9-14)20-18-21(16(22)11-26-18)19-10-12-4-2-3-5-15(12)17(23)24/h2-10H,11H2,1H3,(H,23,24). The van der Waals surface area contributed by atoms with Crippen molar-refractivity contribution >= 4 is 40.7 Å². The number of carbonyl (C=O) groups is 2. The van der Waals surface area contributed by atoms with E-state index < -0.39 is 5.97 Å². The van der Waals surface area contributed by atoms with E-state index in [9.17, 15) is 14.7 Å². The molecule has 0 unspecified atom stereocenters. The summed E-state index contributed by atoms with van der Waals surface area (Å²) in [4.78, 5) is 27.8. The molecule has 7 nitrogen and oxygen atoms in total. The molecule has 8 heteroatoms. The number of carboxylic acids is 1. The lowest BCUT2D eigenvalue weighted by atomic mass is 10.1. The number of ether oxygens (including phenoxy) is 1. The summed E-state index contributed by atoms with van der Waals surface area (Å²) in [5.74, 6) is -0.329. The summed E-state index contributed by atoms with van der Waals surface area (Å²) in [5.41, 5.74) is 1.19. The number of benzene rings is 2. The number of rotatable bonds is 5. The predicted molar refractivity (Wildman–Crippen MR) is 100 cm³/mol. The molecule has 26 heavy (non-hydrogen) atoms. The minimum Gasteiger partial charge on any atom is -0.497 e. The van der Waals surface area contributed by atoms with Crippen molar-refractivity contribution in [1.82, 2.24) is 5.01 Å². The Hall–Kier alpha value is -3.13. The fourth-order valence-electron chi connectivity index (χ4n) is 2.24. The number of carboxylic acid groups (broad SMARTS) is 1. The van der Waals surface area contributed by atoms with Crippen LogP contribution in [-0.4, -0.2) is 46.2 Å². The molecule has 1 fully saturated rings. The Morgan fingerprint density at radius 2 is 1.96 bits per heavy atom. The summed E-state index contributed by atoms with van der Waals surface area (Å²) >= 11 is 1.27. The van der Waals surface area contributed by atoms with Crippen molar-refractivity contribution in [3.05, 3.63) is 59.7 Å². The summed E-state index contributed by atoms with van der Waals surface area (Å²) in [6.45, 7) is 0. The zero-order valence-corrected chi connectivity index (χ0v) is 14.6. The SMILES string of the molecule is COc1ccc(N=C2SCC(=O)N2N=Cc2ccccc2C(=O)O)cc1. The number of amidine groups is 1. The Kier molecular flexibility index (Phi) is 5.33. The van der Waals surface area contributed by atoms with E-state index in [0.29, 0.717) is 22.2 Å². The highest BCUT2D eigenvalue weighted by Gasteiger charge is 2.28. The maximum atomic E-state index is 12.1. The van der Waals surface area contributed by atoms with E-state index >= 15 is 0 Å². The average Bonchev–Trinajstić information content (AvgIpc) is 3.00. The van der Waals surface area contributed by atoms with Gasteiger partial charge in [-0.15, -0.1) is 0 Å². The van der Waals surface area contributed by atoms with Crippen LogP contribution in [0, 0.1) is 0 Å². The second-order valence-corrected chi connectivity index (χ2v) is 6.17. The first-order valence-corrected chi connectivity index (χ1v) is 8.62. The van der Waals surface area contributed by atoms with Gasteiger partial charge in [-0.1, -0.05) is 30.0 Å². The van der Waals surface area contributed by atoms with Crippen LogP contribution in [0.5, 0.6) is 5.75 Å². The summed E-state index contributed by atoms with van der Waals surface area (Å²) in [6, 6.07) is 13.6. The molecule has 1 aliphatic rings. The normalized spacial score (nSPS) is 15.8. The lowest BCUT2D eigenvalue weighted by molar-refractivity contribution is -0.124. The Bertz CT molecular complexity index is 894. The van der Waals surface area contributed by atoms with E-state index in [2.05, 4.69) is 10.1 Å². The molecular formula is C18H15N3O4S. The summed E-state index contributed by atoms with van der Waals surface area (Å²) in [6.07, 6.45) is 1.36. The number of methoxy groups -OCH3 is 1. The minimum absolute atomic E-state index is 0.115. The van der Waals surface area contributed by atoms with Crippen molar-refractivity contribution in [2.45, 2.75) is 0 Å². The second kappa shape index (κ2) is 7.83. The highest BCUT2D eigenvalue weighted by Crippen LogP contribution is 2.25. The molecule has 1 aliphatic heterocycles. The molecule has 1 amide bonds. The highest BCUT2D eigenvalue weighted by molar-refractivity contribution is 8.15. The number of aromatic carboxylic acids is 1. The van der Waals surface area contributed by atoms with Gasteiger partial charge in [-0.3, -0.25) is 4.79 Å². The van der Waals surface area contributed by atoms with Crippen LogP contribution in [0.4, 0.5) is 5.69 Å². The number of hydrogen-bond donors (Lipinski definition) is 1. The van der Waals surface area contributed by atoms with E-state index in [1.54, 1.807) is 49.6 Å². The largest absolute Gasteiger partial charge is 0.497 e. The summed E-state index contributed by atoms with van der Waals surface area (Å²) in [5, 5.41) is 15.0. The quantitative estimate of drug-likeness (QED) is 0.818. The zero-order chi connectivity index (χ0) is 18.5. The van der Waals surface area contributed by atoms with Crippen LogP contribution >= 0.6 is 11.8 Å². The minimum atomic E-state index is -1.05. The molecule has 3 rings (SSSR count). The van der Waals surface area contributed by atoms with Gasteiger partial charge in [-0.05, 0) is 30.3 Å². The van der Waals surface area contributed by atoms with Crippen molar-refractivity contribution in [2.24, 2.45) is 10.1 Å². The van der Waals surface area contributed by atoms with Crippen molar-refractivity contribution in [2.75, 3.05) is 12.9 Å². The monoisotopic (exact) mass is 369 g/mol. The van der Waals surface area contributed by atoms with Gasteiger partial charge >= 0.3 is 5.97 Å². The van der Waals surface area contributed by atoms with Crippen LogP contribution < -0.4 is 4.74 Å². The number of carbonyl (C=O) groups excluding carboxylic acids is 1. The molecule has 1 saturated heterocycles. The van der Waals surface area contributed by atoms with Gasteiger partial charge in [0.25, 0.3) is 5.91 Å². The molecule has 0 saturated carbocycles. The van der Waals surface area contributed by atoms with Crippen molar-refractivity contribution < 1.29 is 19.4 Å². The third-order valence-corrected chi connectivity index (χ3v) is 4.46. The number of hydrazone groups is 1. The maximum absolute atomic E-state index is 12.1. The molecule has 2 aromatic carbocycles. The average molecular weight is 369 g/mol. The number of amides is 1. The van der Waals surface area contributed by atoms with Crippen LogP contribution in [0.25, 0.3) is 0 Å². The van der Waals surface area contributed by atoms with Gasteiger partial charge in [0.1, 0.15) is 5.75 Å². The Labute approximate surface area is 154 Å². The van der Waals surface area contributed by atoms with Crippen LogP contribution in [0.1, 0.15) is 15.9 Å². The van der Waals surface area contributed by atoms with E-state index in [1.807, 2.05) is 0 Å². The topological polar surface area (TPSA) is 91.6 Å². The Morgan fingerprint density at radius 1 is 1.23 bits per heavy atom. The molecule has 0 atom stereocenters. The summed E-state index contributed by atoms with van der Waals surface area (Å²) < 4.78 is 5.11. The lowest BCUT2D eigenvalue weighted by Crippen LogP contribution is -2.24. The first kappa shape index (κ1) is 17.7. The lowest BCUT2D eigenvalue weighted by Gasteiger charge is -2.09. The van der Waals surface area contributed by atoms with Gasteiger partial charge in [0, 0.05) is 5.56 Å². The van der Waals surface area contributed by atoms with Gasteiger partial charge in [0.2, 0.25) is 0 Å². The first-order valence-electron chi connectivity index (χ1n) is 7.63. The third kappa shape index (κ3) is 3.92. The molecule has 0 spiro atoms. The van der Waals surface area contributed by atoms with Crippen molar-refractivity contribution in [3.63, 3.8) is 0 Å². The number of thioether (sulfide) groups is 1. The smallest absolute Gasteiger partial charge is 0.336 e. The van der Waals surface area contributed by atoms with Crippen molar-refractivity contribution in [3.8, 4) is 5.75 Å². The van der Waals surface area contributed by atoms with Gasteiger partial charge < -0.3 is 9.84 Å². The molecule has 2 aromatic rings. The van der Waals surface area contributed by atoms with Gasteiger partial charge in [-0.25, -0.2) is 9.79 Å². The second-order valence-electron chi connectivity index (χ2n) is 5.22.